The van der Waals surface area contributed by atoms with Gasteiger partial charge in [-0.25, -0.2) is 8.42 Å². The van der Waals surface area contributed by atoms with E-state index in [-0.39, 0.29) is 16.9 Å². The van der Waals surface area contributed by atoms with Crippen LogP contribution in [0.2, 0.25) is 5.02 Å². The number of carbonyl (C=O) groups is 2. The van der Waals surface area contributed by atoms with Crippen molar-refractivity contribution in [2.24, 2.45) is 0 Å². The van der Waals surface area contributed by atoms with E-state index in [0.717, 1.165) is 11.4 Å². The van der Waals surface area contributed by atoms with Crippen molar-refractivity contribution in [3.05, 3.63) is 64.9 Å². The molecule has 2 aromatic carbocycles. The van der Waals surface area contributed by atoms with E-state index in [0.29, 0.717) is 16.6 Å². The van der Waals surface area contributed by atoms with E-state index in [9.17, 15) is 23.3 Å². The first-order valence-electron chi connectivity index (χ1n) is 10.8. The Balaban J connectivity index is 1.75. The predicted octanol–water partition coefficient (Wildman–Crippen LogP) is 3.17. The first-order chi connectivity index (χ1) is 17.1. The monoisotopic (exact) mass is 548 g/mol. The van der Waals surface area contributed by atoms with Crippen LogP contribution < -0.4 is 14.5 Å². The molecule has 3 rings (SSSR count). The van der Waals surface area contributed by atoms with Crippen LogP contribution in [0.25, 0.3) is 0 Å². The number of rotatable bonds is 10. The smallest absolute Gasteiger partial charge is 0.324 e. The molecule has 0 spiro atoms. The Morgan fingerprint density at radius 3 is 2.22 bits per heavy atom. The third-order valence-electron chi connectivity index (χ3n) is 5.52. The Bertz CT molecular complexity index is 1290. The molecule has 0 aliphatic carbocycles. The van der Waals surface area contributed by atoms with Gasteiger partial charge in [-0.1, -0.05) is 23.7 Å². The minimum atomic E-state index is -4.05. The van der Waals surface area contributed by atoms with Crippen molar-refractivity contribution in [2.75, 3.05) is 42.5 Å². The number of benzene rings is 2. The van der Waals surface area contributed by atoms with E-state index in [1.807, 2.05) is 36.6 Å². The molecule has 1 aliphatic rings. The van der Waals surface area contributed by atoms with Gasteiger partial charge < -0.3 is 14.5 Å². The van der Waals surface area contributed by atoms with Crippen molar-refractivity contribution in [2.45, 2.75) is 17.4 Å². The molecular formula is C24H25ClN4O5S2. The summed E-state index contributed by atoms with van der Waals surface area (Å²) in [5.41, 5.74) is 1.47. The van der Waals surface area contributed by atoms with E-state index in [1.54, 1.807) is 23.9 Å². The third-order valence-corrected chi connectivity index (χ3v) is 7.90. The molecule has 0 unspecified atom stereocenters. The highest BCUT2D eigenvalue weighted by Gasteiger charge is 2.32. The molecule has 0 aromatic heterocycles. The molecule has 12 heteroatoms. The molecule has 9 nitrogen and oxygen atoms in total. The summed E-state index contributed by atoms with van der Waals surface area (Å²) in [5.74, 6) is -0.773. The van der Waals surface area contributed by atoms with Gasteiger partial charge in [0.15, 0.2) is 6.61 Å². The molecule has 0 radical (unpaired) electrons. The van der Waals surface area contributed by atoms with Crippen molar-refractivity contribution in [1.82, 2.24) is 4.72 Å². The van der Waals surface area contributed by atoms with Crippen LogP contribution in [0.15, 0.2) is 64.8 Å². The number of hydrogen-bond acceptors (Lipinski definition) is 9. The van der Waals surface area contributed by atoms with Crippen molar-refractivity contribution in [3.8, 4) is 6.07 Å². The fourth-order valence-corrected chi connectivity index (χ4v) is 5.51. The van der Waals surface area contributed by atoms with Crippen LogP contribution in [0.5, 0.6) is 0 Å². The molecule has 190 valence electrons. The molecule has 0 saturated carbocycles. The average Bonchev–Trinajstić information content (AvgIpc) is 3.11. The molecule has 2 aromatic rings. The number of para-hydroxylation sites is 2. The van der Waals surface area contributed by atoms with E-state index >= 15 is 0 Å². The zero-order chi connectivity index (χ0) is 26.5. The number of esters is 1. The Morgan fingerprint density at radius 1 is 1.11 bits per heavy atom. The van der Waals surface area contributed by atoms with E-state index in [1.165, 1.54) is 36.0 Å². The standard InChI is InChI=1S/C24H25ClN4O5S2/c1-28-20-6-4-5-7-21(20)29(2)23(28)18(14-26)22(30)15-34-24(31)19(12-13-35-3)27-36(32,33)17-10-8-16(25)9-11-17/h4-11,19,27H,12-13,15H2,1-3H3/t19-/m1/s1. The highest BCUT2D eigenvalue weighted by molar-refractivity contribution is 7.98. The van der Waals surface area contributed by atoms with E-state index in [4.69, 9.17) is 16.3 Å². The maximum absolute atomic E-state index is 12.9. The van der Waals surface area contributed by atoms with Gasteiger partial charge in [0.2, 0.25) is 15.8 Å². The maximum Gasteiger partial charge on any atom is 0.324 e. The van der Waals surface area contributed by atoms with E-state index < -0.39 is 34.4 Å². The zero-order valence-corrected chi connectivity index (χ0v) is 22.3. The van der Waals surface area contributed by atoms with Gasteiger partial charge in [0.25, 0.3) is 0 Å². The van der Waals surface area contributed by atoms with Crippen LogP contribution in [0.3, 0.4) is 0 Å². The topological polar surface area (TPSA) is 120 Å². The first-order valence-corrected chi connectivity index (χ1v) is 14.0. The Morgan fingerprint density at radius 2 is 1.69 bits per heavy atom. The van der Waals surface area contributed by atoms with E-state index in [2.05, 4.69) is 4.72 Å². The number of ketones is 1. The highest BCUT2D eigenvalue weighted by Crippen LogP contribution is 2.40. The molecule has 0 saturated heterocycles. The van der Waals surface area contributed by atoms with Crippen LogP contribution >= 0.6 is 23.4 Å². The molecule has 0 fully saturated rings. The summed E-state index contributed by atoms with van der Waals surface area (Å²) in [6, 6.07) is 13.6. The summed E-state index contributed by atoms with van der Waals surface area (Å²) < 4.78 is 33.1. The minimum Gasteiger partial charge on any atom is -0.456 e. The number of halogens is 1. The van der Waals surface area contributed by atoms with Crippen molar-refractivity contribution < 1.29 is 22.7 Å². The van der Waals surface area contributed by atoms with Crippen LogP contribution in [-0.2, 0) is 24.3 Å². The summed E-state index contributed by atoms with van der Waals surface area (Å²) >= 11 is 7.26. The lowest BCUT2D eigenvalue weighted by molar-refractivity contribution is -0.148. The second-order valence-electron chi connectivity index (χ2n) is 7.86. The third kappa shape index (κ3) is 6.02. The number of nitrogens with zero attached hydrogens (tertiary/aromatic N) is 3. The number of ether oxygens (including phenoxy) is 1. The molecule has 0 amide bonds. The first kappa shape index (κ1) is 27.5. The number of sulfonamides is 1. The number of nitriles is 1. The fraction of sp³-hybridized carbons (Fsp3) is 0.292. The van der Waals surface area contributed by atoms with Gasteiger partial charge in [0, 0.05) is 19.1 Å². The van der Waals surface area contributed by atoms with Gasteiger partial charge in [-0.3, -0.25) is 9.59 Å². The molecular weight excluding hydrogens is 524 g/mol. The molecule has 1 aliphatic heterocycles. The van der Waals surface area contributed by atoms with Crippen molar-refractivity contribution in [3.63, 3.8) is 0 Å². The SMILES string of the molecule is CSCC[C@@H](NS(=O)(=O)c1ccc(Cl)cc1)C(=O)OCC(=O)C(C#N)=C1N(C)c2ccccc2N1C. The lowest BCUT2D eigenvalue weighted by atomic mass is 10.2. The van der Waals surface area contributed by atoms with Crippen LogP contribution in [0.4, 0.5) is 11.4 Å². The van der Waals surface area contributed by atoms with Crippen LogP contribution in [0, 0.1) is 11.3 Å². The summed E-state index contributed by atoms with van der Waals surface area (Å²) in [6.07, 6.45) is 1.96. The minimum absolute atomic E-state index is 0.0618. The lowest BCUT2D eigenvalue weighted by Gasteiger charge is -2.20. The number of carbonyl (C=O) groups excluding carboxylic acids is 2. The summed E-state index contributed by atoms with van der Waals surface area (Å²) in [5, 5.41) is 10.1. The number of hydrogen-bond donors (Lipinski definition) is 1. The highest BCUT2D eigenvalue weighted by atomic mass is 35.5. The Hall–Kier alpha value is -3.04. The molecule has 1 heterocycles. The molecule has 1 atom stereocenters. The van der Waals surface area contributed by atoms with Gasteiger partial charge in [0.05, 0.1) is 16.3 Å². The molecule has 1 N–H and O–H groups in total. The predicted molar refractivity (Wildman–Crippen MR) is 140 cm³/mol. The van der Waals surface area contributed by atoms with Crippen LogP contribution in [0.1, 0.15) is 6.42 Å². The van der Waals surface area contributed by atoms with Crippen molar-refractivity contribution >= 4 is 56.5 Å². The number of fused-ring (bicyclic) bond motifs is 1. The van der Waals surface area contributed by atoms with Gasteiger partial charge >= 0.3 is 5.97 Å². The van der Waals surface area contributed by atoms with Gasteiger partial charge in [0.1, 0.15) is 23.5 Å². The number of thioether (sulfide) groups is 1. The second kappa shape index (κ2) is 11.8. The lowest BCUT2D eigenvalue weighted by Crippen LogP contribution is -2.42. The maximum atomic E-state index is 12.9. The summed E-state index contributed by atoms with van der Waals surface area (Å²) in [4.78, 5) is 29.1. The number of nitrogens with one attached hydrogen (secondary N) is 1. The van der Waals surface area contributed by atoms with Gasteiger partial charge in [-0.2, -0.15) is 21.7 Å². The quantitative estimate of drug-likeness (QED) is 0.271. The summed E-state index contributed by atoms with van der Waals surface area (Å²) in [7, 11) is -0.579. The Labute approximate surface area is 219 Å². The number of Topliss-reactive ketones (excluding diaryl/α,β-unsaturated/α-hetero) is 1. The Kier molecular flexibility index (Phi) is 9.03. The average molecular weight is 549 g/mol. The van der Waals surface area contributed by atoms with Gasteiger partial charge in [-0.05, 0) is 54.8 Å². The fourth-order valence-electron chi connectivity index (χ4n) is 3.70. The largest absolute Gasteiger partial charge is 0.456 e. The summed E-state index contributed by atoms with van der Waals surface area (Å²) in [6.45, 7) is -0.707. The number of anilines is 2. The molecule has 36 heavy (non-hydrogen) atoms. The van der Waals surface area contributed by atoms with Crippen molar-refractivity contribution in [1.29, 1.82) is 5.26 Å². The van der Waals surface area contributed by atoms with Gasteiger partial charge in [-0.15, -0.1) is 0 Å². The normalized spacial score (nSPS) is 13.7. The van der Waals surface area contributed by atoms with Crippen LogP contribution in [-0.4, -0.2) is 58.9 Å². The molecule has 0 bridgehead atoms. The zero-order valence-electron chi connectivity index (χ0n) is 19.9. The second-order valence-corrected chi connectivity index (χ2v) is 11.0.